The number of carbonyl (C=O) groups excluding carboxylic acids is 2. The van der Waals surface area contributed by atoms with E-state index in [0.29, 0.717) is 29.1 Å². The Balaban J connectivity index is 1.80. The highest BCUT2D eigenvalue weighted by Crippen LogP contribution is 2.27. The molecule has 0 aliphatic rings. The summed E-state index contributed by atoms with van der Waals surface area (Å²) in [6.45, 7) is 2.08. The van der Waals surface area contributed by atoms with E-state index >= 15 is 0 Å². The standard InChI is InChI=1S/C24H19N3O3/c1-2-30-24(29)19-13-15-20(16-14-19)27-22(17-9-5-3-6-10-17)21(25-26-27)23(28)18-11-7-4-8-12-18/h3-16H,2H2,1H3. The lowest BCUT2D eigenvalue weighted by molar-refractivity contribution is 0.0526. The van der Waals surface area contributed by atoms with Gasteiger partial charge in [0.25, 0.3) is 0 Å². The van der Waals surface area contributed by atoms with Crippen molar-refractivity contribution in [2.45, 2.75) is 6.92 Å². The molecule has 6 heteroatoms. The van der Waals surface area contributed by atoms with Gasteiger partial charge in [0.1, 0.15) is 5.69 Å². The normalized spacial score (nSPS) is 10.6. The van der Waals surface area contributed by atoms with Gasteiger partial charge >= 0.3 is 5.97 Å². The largest absolute Gasteiger partial charge is 0.462 e. The summed E-state index contributed by atoms with van der Waals surface area (Å²) in [6.07, 6.45) is 0. The van der Waals surface area contributed by atoms with Crippen LogP contribution in [0.1, 0.15) is 33.3 Å². The van der Waals surface area contributed by atoms with E-state index in [1.165, 1.54) is 0 Å². The maximum atomic E-state index is 13.1. The van der Waals surface area contributed by atoms with E-state index in [0.717, 1.165) is 5.56 Å². The van der Waals surface area contributed by atoms with Gasteiger partial charge in [0.05, 0.1) is 17.9 Å². The Morgan fingerprint density at radius 1 is 0.833 bits per heavy atom. The van der Waals surface area contributed by atoms with Gasteiger partial charge in [-0.25, -0.2) is 9.48 Å². The Labute approximate surface area is 173 Å². The minimum Gasteiger partial charge on any atom is -0.462 e. The van der Waals surface area contributed by atoms with Crippen LogP contribution >= 0.6 is 0 Å². The van der Waals surface area contributed by atoms with Crippen LogP contribution in [-0.4, -0.2) is 33.4 Å². The molecule has 3 aromatic carbocycles. The second kappa shape index (κ2) is 8.53. The van der Waals surface area contributed by atoms with Gasteiger partial charge < -0.3 is 4.74 Å². The number of benzene rings is 3. The Bertz CT molecular complexity index is 1170. The number of aromatic nitrogens is 3. The van der Waals surface area contributed by atoms with Crippen molar-refractivity contribution in [1.82, 2.24) is 15.0 Å². The number of hydrogen-bond donors (Lipinski definition) is 0. The molecular weight excluding hydrogens is 378 g/mol. The van der Waals surface area contributed by atoms with Crippen molar-refractivity contribution in [1.29, 1.82) is 0 Å². The third-order valence-electron chi connectivity index (χ3n) is 4.59. The van der Waals surface area contributed by atoms with E-state index in [1.807, 2.05) is 48.5 Å². The van der Waals surface area contributed by atoms with Crippen LogP contribution in [-0.2, 0) is 4.74 Å². The Morgan fingerprint density at radius 3 is 2.10 bits per heavy atom. The molecule has 0 radical (unpaired) electrons. The van der Waals surface area contributed by atoms with Gasteiger partial charge in [-0.15, -0.1) is 5.10 Å². The maximum absolute atomic E-state index is 13.1. The highest BCUT2D eigenvalue weighted by atomic mass is 16.5. The molecule has 0 saturated heterocycles. The van der Waals surface area contributed by atoms with Crippen molar-refractivity contribution in [3.63, 3.8) is 0 Å². The summed E-state index contributed by atoms with van der Waals surface area (Å²) in [7, 11) is 0. The number of carbonyl (C=O) groups is 2. The summed E-state index contributed by atoms with van der Waals surface area (Å²) >= 11 is 0. The molecule has 0 N–H and O–H groups in total. The fraction of sp³-hybridized carbons (Fsp3) is 0.0833. The van der Waals surface area contributed by atoms with E-state index in [4.69, 9.17) is 4.74 Å². The number of hydrogen-bond acceptors (Lipinski definition) is 5. The molecule has 0 saturated carbocycles. The van der Waals surface area contributed by atoms with Crippen LogP contribution < -0.4 is 0 Å². The van der Waals surface area contributed by atoms with Crippen molar-refractivity contribution >= 4 is 11.8 Å². The Hall–Kier alpha value is -4.06. The van der Waals surface area contributed by atoms with Gasteiger partial charge in [0.15, 0.2) is 5.69 Å². The first kappa shape index (κ1) is 19.3. The monoisotopic (exact) mass is 397 g/mol. The van der Waals surface area contributed by atoms with E-state index < -0.39 is 0 Å². The van der Waals surface area contributed by atoms with E-state index in [-0.39, 0.29) is 17.4 Å². The predicted molar refractivity (Wildman–Crippen MR) is 113 cm³/mol. The SMILES string of the molecule is CCOC(=O)c1ccc(-n2nnc(C(=O)c3ccccc3)c2-c2ccccc2)cc1. The number of esters is 1. The second-order valence-corrected chi connectivity index (χ2v) is 6.53. The lowest BCUT2D eigenvalue weighted by Gasteiger charge is -2.09. The fourth-order valence-corrected chi connectivity index (χ4v) is 3.15. The highest BCUT2D eigenvalue weighted by molar-refractivity contribution is 6.11. The molecule has 0 aliphatic heterocycles. The third kappa shape index (κ3) is 3.75. The van der Waals surface area contributed by atoms with Crippen molar-refractivity contribution in [2.75, 3.05) is 6.61 Å². The summed E-state index contributed by atoms with van der Waals surface area (Å²) in [4.78, 5) is 25.1. The molecule has 4 aromatic rings. The molecule has 0 aliphatic carbocycles. The molecule has 148 valence electrons. The molecule has 30 heavy (non-hydrogen) atoms. The van der Waals surface area contributed by atoms with Crippen molar-refractivity contribution in [3.05, 3.63) is 102 Å². The summed E-state index contributed by atoms with van der Waals surface area (Å²) in [5, 5.41) is 8.45. The molecule has 1 heterocycles. The summed E-state index contributed by atoms with van der Waals surface area (Å²) in [6, 6.07) is 25.4. The lowest BCUT2D eigenvalue weighted by Crippen LogP contribution is -2.07. The van der Waals surface area contributed by atoms with Crippen LogP contribution in [0.5, 0.6) is 0 Å². The first-order chi connectivity index (χ1) is 14.7. The van der Waals surface area contributed by atoms with Gasteiger partial charge in [0.2, 0.25) is 5.78 Å². The van der Waals surface area contributed by atoms with Crippen LogP contribution in [0.4, 0.5) is 0 Å². The quantitative estimate of drug-likeness (QED) is 0.357. The van der Waals surface area contributed by atoms with Crippen molar-refractivity contribution in [2.24, 2.45) is 0 Å². The maximum Gasteiger partial charge on any atom is 0.338 e. The molecule has 0 amide bonds. The first-order valence-corrected chi connectivity index (χ1v) is 9.57. The van der Waals surface area contributed by atoms with Gasteiger partial charge in [-0.05, 0) is 31.2 Å². The van der Waals surface area contributed by atoms with Gasteiger partial charge in [-0.2, -0.15) is 0 Å². The molecule has 6 nitrogen and oxygen atoms in total. The summed E-state index contributed by atoms with van der Waals surface area (Å²) in [5.41, 5.74) is 3.34. The molecule has 4 rings (SSSR count). The molecule has 0 unspecified atom stereocenters. The molecule has 0 fully saturated rings. The van der Waals surface area contributed by atoms with E-state index in [2.05, 4.69) is 10.3 Å². The average Bonchev–Trinajstić information content (AvgIpc) is 3.25. The van der Waals surface area contributed by atoms with Crippen LogP contribution in [0.3, 0.4) is 0 Å². The zero-order valence-corrected chi connectivity index (χ0v) is 16.4. The summed E-state index contributed by atoms with van der Waals surface area (Å²) < 4.78 is 6.64. The van der Waals surface area contributed by atoms with Crippen LogP contribution in [0, 0.1) is 0 Å². The number of ketones is 1. The van der Waals surface area contributed by atoms with E-state index in [9.17, 15) is 9.59 Å². The smallest absolute Gasteiger partial charge is 0.338 e. The predicted octanol–water partition coefficient (Wildman–Crippen LogP) is 4.34. The second-order valence-electron chi connectivity index (χ2n) is 6.53. The minimum absolute atomic E-state index is 0.205. The van der Waals surface area contributed by atoms with Gasteiger partial charge in [-0.3, -0.25) is 4.79 Å². The van der Waals surface area contributed by atoms with E-state index in [1.54, 1.807) is 48.0 Å². The van der Waals surface area contributed by atoms with Crippen LogP contribution in [0.2, 0.25) is 0 Å². The van der Waals surface area contributed by atoms with Crippen LogP contribution in [0.15, 0.2) is 84.9 Å². The zero-order chi connectivity index (χ0) is 20.9. The number of rotatable bonds is 6. The number of nitrogens with zero attached hydrogens (tertiary/aromatic N) is 3. The molecular formula is C24H19N3O3. The number of ether oxygens (including phenoxy) is 1. The topological polar surface area (TPSA) is 74.1 Å². The van der Waals surface area contributed by atoms with Gasteiger partial charge in [0, 0.05) is 11.1 Å². The molecule has 1 aromatic heterocycles. The minimum atomic E-state index is -0.383. The summed E-state index contributed by atoms with van der Waals surface area (Å²) in [5.74, 6) is -0.588. The Morgan fingerprint density at radius 2 is 1.47 bits per heavy atom. The third-order valence-corrected chi connectivity index (χ3v) is 4.59. The van der Waals surface area contributed by atoms with Crippen LogP contribution in [0.25, 0.3) is 16.9 Å². The lowest BCUT2D eigenvalue weighted by atomic mass is 10.0. The highest BCUT2D eigenvalue weighted by Gasteiger charge is 2.23. The first-order valence-electron chi connectivity index (χ1n) is 9.57. The average molecular weight is 397 g/mol. The molecule has 0 atom stereocenters. The van der Waals surface area contributed by atoms with Crippen molar-refractivity contribution in [3.8, 4) is 16.9 Å². The van der Waals surface area contributed by atoms with Gasteiger partial charge in [-0.1, -0.05) is 65.9 Å². The fourth-order valence-electron chi connectivity index (χ4n) is 3.15. The molecule has 0 spiro atoms. The zero-order valence-electron chi connectivity index (χ0n) is 16.4. The Kier molecular flexibility index (Phi) is 5.48. The molecule has 0 bridgehead atoms. The van der Waals surface area contributed by atoms with Crippen molar-refractivity contribution < 1.29 is 14.3 Å².